The first kappa shape index (κ1) is 22.7. The Morgan fingerprint density at radius 1 is 0.846 bits per heavy atom. The van der Waals surface area contributed by atoms with E-state index in [1.54, 1.807) is 0 Å². The average Bonchev–Trinajstić information content (AvgIpc) is 2.64. The summed E-state index contributed by atoms with van der Waals surface area (Å²) < 4.78 is 0. The molecule has 1 saturated heterocycles. The van der Waals surface area contributed by atoms with Gasteiger partial charge in [-0.15, -0.1) is 5.92 Å². The summed E-state index contributed by atoms with van der Waals surface area (Å²) in [5, 5.41) is 0. The molecule has 1 amide bonds. The number of hydrogen-bond donors (Lipinski definition) is 0. The Kier molecular flexibility index (Phi) is 12.1. The molecule has 0 aliphatic carbocycles. The smallest absolute Gasteiger partial charge is 0.222 e. The fraction of sp³-hybridized carbons (Fsp3) is 0.818. The van der Waals surface area contributed by atoms with Crippen molar-refractivity contribution in [2.75, 3.05) is 32.7 Å². The third-order valence-corrected chi connectivity index (χ3v) is 5.04. The highest BCUT2D eigenvalue weighted by Gasteiger charge is 2.19. The van der Waals surface area contributed by atoms with Crippen molar-refractivity contribution in [3.63, 3.8) is 0 Å². The zero-order chi connectivity index (χ0) is 19.2. The fourth-order valence-electron chi connectivity index (χ4n) is 3.18. The van der Waals surface area contributed by atoms with E-state index in [4.69, 9.17) is 0 Å². The minimum absolute atomic E-state index is 0.173. The maximum atomic E-state index is 12.3. The van der Waals surface area contributed by atoms with Crippen molar-refractivity contribution in [3.05, 3.63) is 0 Å². The summed E-state index contributed by atoms with van der Waals surface area (Å²) >= 11 is 0. The summed E-state index contributed by atoms with van der Waals surface area (Å²) in [6.45, 7) is 10.4. The van der Waals surface area contributed by atoms with Crippen LogP contribution in [0.1, 0.15) is 78.6 Å². The molecule has 1 rings (SSSR count). The molecule has 1 aliphatic heterocycles. The Balaban J connectivity index is 2.00. The van der Waals surface area contributed by atoms with Gasteiger partial charge >= 0.3 is 0 Å². The van der Waals surface area contributed by atoms with Gasteiger partial charge in [0.2, 0.25) is 5.91 Å². The molecule has 0 aromatic carbocycles. The number of Topliss-reactive ketones (excluding diaryl/α,β-unsaturated/α-hetero) is 1. The van der Waals surface area contributed by atoms with E-state index in [0.717, 1.165) is 71.2 Å². The second-order valence-electron chi connectivity index (χ2n) is 7.61. The molecule has 0 radical (unpaired) electrons. The topological polar surface area (TPSA) is 40.6 Å². The molecule has 1 aliphatic rings. The zero-order valence-electron chi connectivity index (χ0n) is 17.2. The van der Waals surface area contributed by atoms with Crippen molar-refractivity contribution in [3.8, 4) is 11.8 Å². The Labute approximate surface area is 160 Å². The Morgan fingerprint density at radius 3 is 2.00 bits per heavy atom. The van der Waals surface area contributed by atoms with Crippen LogP contribution in [0, 0.1) is 17.8 Å². The molecule has 0 spiro atoms. The monoisotopic (exact) mass is 362 g/mol. The number of carbonyl (C=O) groups is 2. The minimum Gasteiger partial charge on any atom is -0.340 e. The van der Waals surface area contributed by atoms with E-state index in [9.17, 15) is 9.59 Å². The minimum atomic E-state index is 0.173. The van der Waals surface area contributed by atoms with Crippen LogP contribution in [-0.4, -0.2) is 54.2 Å². The lowest BCUT2D eigenvalue weighted by Gasteiger charge is -2.33. The van der Waals surface area contributed by atoms with Crippen LogP contribution in [0.25, 0.3) is 0 Å². The van der Waals surface area contributed by atoms with E-state index in [1.165, 1.54) is 12.8 Å². The van der Waals surface area contributed by atoms with Crippen molar-refractivity contribution in [1.29, 1.82) is 0 Å². The highest BCUT2D eigenvalue weighted by molar-refractivity contribution is 5.80. The molecule has 0 unspecified atom stereocenters. The van der Waals surface area contributed by atoms with Gasteiger partial charge in [0, 0.05) is 51.4 Å². The van der Waals surface area contributed by atoms with Gasteiger partial charge < -0.3 is 4.90 Å². The molecule has 4 heteroatoms. The van der Waals surface area contributed by atoms with Crippen LogP contribution < -0.4 is 0 Å². The Morgan fingerprint density at radius 2 is 1.42 bits per heavy atom. The fourth-order valence-corrected chi connectivity index (χ4v) is 3.18. The van der Waals surface area contributed by atoms with Crippen molar-refractivity contribution < 1.29 is 9.59 Å². The van der Waals surface area contributed by atoms with Crippen molar-refractivity contribution >= 4 is 11.7 Å². The number of hydrogen-bond acceptors (Lipinski definition) is 3. The molecular weight excluding hydrogens is 324 g/mol. The standard InChI is InChI=1S/C22H38N2O2/c1-4-5-12-15-23-16-18-24(19-17-23)22(26)14-11-9-7-6-8-10-13-21(25)20(2)3/h20H,4,6-11,13-19H2,1-3H3. The molecule has 1 heterocycles. The number of carbonyl (C=O) groups excluding carboxylic acids is 2. The molecule has 0 atom stereocenters. The number of unbranched alkanes of at least 4 members (excludes halogenated alkanes) is 5. The van der Waals surface area contributed by atoms with E-state index in [-0.39, 0.29) is 5.92 Å². The van der Waals surface area contributed by atoms with Crippen molar-refractivity contribution in [2.24, 2.45) is 5.92 Å². The van der Waals surface area contributed by atoms with Gasteiger partial charge in [0.15, 0.2) is 0 Å². The van der Waals surface area contributed by atoms with Gasteiger partial charge in [-0.2, -0.15) is 0 Å². The third kappa shape index (κ3) is 9.97. The second kappa shape index (κ2) is 13.8. The Bertz CT molecular complexity index is 468. The second-order valence-corrected chi connectivity index (χ2v) is 7.61. The number of amides is 1. The van der Waals surface area contributed by atoms with E-state index >= 15 is 0 Å². The highest BCUT2D eigenvalue weighted by Crippen LogP contribution is 2.12. The van der Waals surface area contributed by atoms with E-state index < -0.39 is 0 Å². The third-order valence-electron chi connectivity index (χ3n) is 5.04. The normalized spacial score (nSPS) is 15.0. The van der Waals surface area contributed by atoms with Gasteiger partial charge in [0.1, 0.15) is 5.78 Å². The maximum Gasteiger partial charge on any atom is 0.222 e. The number of rotatable bonds is 11. The molecule has 0 N–H and O–H groups in total. The van der Waals surface area contributed by atoms with E-state index in [2.05, 4.69) is 23.7 Å². The van der Waals surface area contributed by atoms with Crippen LogP contribution in [0.3, 0.4) is 0 Å². The largest absolute Gasteiger partial charge is 0.340 e. The first-order valence-electron chi connectivity index (χ1n) is 10.5. The average molecular weight is 363 g/mol. The van der Waals surface area contributed by atoms with Gasteiger partial charge in [0.05, 0.1) is 6.54 Å². The van der Waals surface area contributed by atoms with Crippen molar-refractivity contribution in [2.45, 2.75) is 78.6 Å². The van der Waals surface area contributed by atoms with Crippen molar-refractivity contribution in [1.82, 2.24) is 9.80 Å². The van der Waals surface area contributed by atoms with Gasteiger partial charge in [-0.3, -0.25) is 14.5 Å². The van der Waals surface area contributed by atoms with Crippen LogP contribution in [0.4, 0.5) is 0 Å². The first-order chi connectivity index (χ1) is 12.5. The molecule has 1 fully saturated rings. The molecule has 0 aromatic heterocycles. The number of ketones is 1. The lowest BCUT2D eigenvalue weighted by atomic mass is 10.0. The predicted octanol–water partition coefficient (Wildman–Crippen LogP) is 3.89. The molecule has 26 heavy (non-hydrogen) atoms. The summed E-state index contributed by atoms with van der Waals surface area (Å²) in [5.74, 6) is 7.15. The number of nitrogens with zero attached hydrogens (tertiary/aromatic N) is 2. The van der Waals surface area contributed by atoms with Gasteiger partial charge in [0.25, 0.3) is 0 Å². The summed E-state index contributed by atoms with van der Waals surface area (Å²) in [4.78, 5) is 28.2. The molecule has 4 nitrogen and oxygen atoms in total. The quantitative estimate of drug-likeness (QED) is 0.413. The van der Waals surface area contributed by atoms with Crippen LogP contribution in [-0.2, 0) is 9.59 Å². The first-order valence-corrected chi connectivity index (χ1v) is 10.5. The van der Waals surface area contributed by atoms with Gasteiger partial charge in [-0.25, -0.2) is 0 Å². The maximum absolute atomic E-state index is 12.3. The van der Waals surface area contributed by atoms with Gasteiger partial charge in [-0.1, -0.05) is 52.4 Å². The lowest BCUT2D eigenvalue weighted by molar-refractivity contribution is -0.133. The van der Waals surface area contributed by atoms with E-state index in [1.807, 2.05) is 18.7 Å². The van der Waals surface area contributed by atoms with Crippen LogP contribution in [0.15, 0.2) is 0 Å². The van der Waals surface area contributed by atoms with Crippen LogP contribution >= 0.6 is 0 Å². The molecule has 0 aromatic rings. The van der Waals surface area contributed by atoms with Gasteiger partial charge in [-0.05, 0) is 12.8 Å². The predicted molar refractivity (Wildman–Crippen MR) is 108 cm³/mol. The highest BCUT2D eigenvalue weighted by atomic mass is 16.2. The van der Waals surface area contributed by atoms with E-state index in [0.29, 0.717) is 18.1 Å². The summed E-state index contributed by atoms with van der Waals surface area (Å²) in [7, 11) is 0. The molecule has 148 valence electrons. The molecular formula is C22H38N2O2. The molecule has 0 bridgehead atoms. The summed E-state index contributed by atoms with van der Waals surface area (Å²) in [6, 6.07) is 0. The number of piperazine rings is 1. The summed E-state index contributed by atoms with van der Waals surface area (Å²) in [5.41, 5.74) is 0. The Hall–Kier alpha value is -1.34. The summed E-state index contributed by atoms with van der Waals surface area (Å²) in [6.07, 6.45) is 8.94. The lowest BCUT2D eigenvalue weighted by Crippen LogP contribution is -2.48. The molecule has 0 saturated carbocycles. The van der Waals surface area contributed by atoms with Crippen LogP contribution in [0.5, 0.6) is 0 Å². The zero-order valence-corrected chi connectivity index (χ0v) is 17.2. The SMILES string of the molecule is CCC#CCN1CCN(C(=O)CCCCCCCCC(=O)C(C)C)CC1. The van der Waals surface area contributed by atoms with Crippen LogP contribution in [0.2, 0.25) is 0 Å².